The molecule has 3 rings (SSSR count). The van der Waals surface area contributed by atoms with Gasteiger partial charge in [0.2, 0.25) is 11.8 Å². The third-order valence-corrected chi connectivity index (χ3v) is 5.36. The van der Waals surface area contributed by atoms with Crippen molar-refractivity contribution in [1.82, 2.24) is 20.5 Å². The first-order chi connectivity index (χ1) is 13.0. The minimum atomic E-state index is -0.380. The van der Waals surface area contributed by atoms with Gasteiger partial charge in [0.15, 0.2) is 0 Å². The lowest BCUT2D eigenvalue weighted by atomic mass is 9.95. The maximum atomic E-state index is 12.4. The molecule has 1 saturated carbocycles. The summed E-state index contributed by atoms with van der Waals surface area (Å²) < 4.78 is 0. The van der Waals surface area contributed by atoms with Gasteiger partial charge in [-0.15, -0.1) is 0 Å². The number of carbonyl (C=O) groups is 2. The minimum absolute atomic E-state index is 0.000508. The van der Waals surface area contributed by atoms with Crippen LogP contribution >= 0.6 is 0 Å². The third kappa shape index (κ3) is 5.03. The number of amides is 2. The van der Waals surface area contributed by atoms with E-state index in [-0.39, 0.29) is 23.7 Å². The zero-order valence-electron chi connectivity index (χ0n) is 15.5. The van der Waals surface area contributed by atoms with Crippen LogP contribution in [0.25, 0.3) is 0 Å². The molecule has 1 aliphatic heterocycles. The fourth-order valence-electron chi connectivity index (χ4n) is 3.59. The molecule has 1 aliphatic carbocycles. The number of nitrogens with one attached hydrogen (secondary N) is 3. The number of amidine groups is 1. The van der Waals surface area contributed by atoms with E-state index in [9.17, 15) is 9.59 Å². The summed E-state index contributed by atoms with van der Waals surface area (Å²) in [5, 5.41) is 13.5. The first-order valence-corrected chi connectivity index (χ1v) is 9.64. The summed E-state index contributed by atoms with van der Waals surface area (Å²) in [6.07, 6.45) is 8.29. The van der Waals surface area contributed by atoms with E-state index in [4.69, 9.17) is 11.1 Å². The minimum Gasteiger partial charge on any atom is -0.382 e. The Morgan fingerprint density at radius 2 is 2.00 bits per heavy atom. The highest BCUT2D eigenvalue weighted by Gasteiger charge is 2.37. The number of nitrogens with zero attached hydrogens (tertiary/aromatic N) is 2. The van der Waals surface area contributed by atoms with Crippen LogP contribution in [0.2, 0.25) is 0 Å². The molecular weight excluding hydrogens is 344 g/mol. The van der Waals surface area contributed by atoms with Crippen molar-refractivity contribution in [2.45, 2.75) is 57.2 Å². The predicted molar refractivity (Wildman–Crippen MR) is 102 cm³/mol. The van der Waals surface area contributed by atoms with Crippen LogP contribution in [-0.4, -0.2) is 52.7 Å². The monoisotopic (exact) mass is 372 g/mol. The van der Waals surface area contributed by atoms with E-state index in [2.05, 4.69) is 15.6 Å². The smallest absolute Gasteiger partial charge is 0.243 e. The Labute approximate surface area is 159 Å². The molecule has 2 heterocycles. The first kappa shape index (κ1) is 19.3. The number of aromatic nitrogens is 1. The number of nitrogens with two attached hydrogens (primary N) is 1. The number of likely N-dealkylation sites (tertiary alicyclic amines) is 1. The molecule has 1 aromatic heterocycles. The van der Waals surface area contributed by atoms with Gasteiger partial charge < -0.3 is 21.3 Å². The quantitative estimate of drug-likeness (QED) is 0.410. The maximum absolute atomic E-state index is 12.4. The second-order valence-corrected chi connectivity index (χ2v) is 7.29. The van der Waals surface area contributed by atoms with E-state index in [1.165, 1.54) is 19.3 Å². The van der Waals surface area contributed by atoms with Crippen LogP contribution in [0, 0.1) is 5.41 Å². The van der Waals surface area contributed by atoms with E-state index in [0.29, 0.717) is 37.8 Å². The van der Waals surface area contributed by atoms with Gasteiger partial charge in [-0.05, 0) is 30.9 Å². The molecule has 2 fully saturated rings. The Bertz CT molecular complexity index is 684. The molecule has 1 saturated heterocycles. The molecule has 5 N–H and O–H groups in total. The van der Waals surface area contributed by atoms with Crippen molar-refractivity contribution in [2.24, 2.45) is 5.73 Å². The van der Waals surface area contributed by atoms with Crippen molar-refractivity contribution in [3.63, 3.8) is 0 Å². The normalized spacial score (nSPS) is 20.0. The molecule has 1 aromatic rings. The van der Waals surface area contributed by atoms with Gasteiger partial charge in [0, 0.05) is 25.3 Å². The molecule has 1 unspecified atom stereocenters. The number of hydrogen-bond donors (Lipinski definition) is 4. The average molecular weight is 372 g/mol. The van der Waals surface area contributed by atoms with Crippen LogP contribution in [0.3, 0.4) is 0 Å². The Hall–Kier alpha value is -2.48. The molecule has 8 heteroatoms. The first-order valence-electron chi connectivity index (χ1n) is 9.64. The fourth-order valence-corrected chi connectivity index (χ4v) is 3.59. The Morgan fingerprint density at radius 1 is 1.22 bits per heavy atom. The van der Waals surface area contributed by atoms with Crippen LogP contribution in [0.1, 0.15) is 49.8 Å². The summed E-state index contributed by atoms with van der Waals surface area (Å²) in [5.74, 6) is -0.224. The van der Waals surface area contributed by atoms with Crippen molar-refractivity contribution in [3.05, 3.63) is 29.6 Å². The third-order valence-electron chi connectivity index (χ3n) is 5.36. The van der Waals surface area contributed by atoms with Crippen LogP contribution in [0.4, 0.5) is 0 Å². The number of hydrogen-bond acceptors (Lipinski definition) is 5. The number of pyridine rings is 1. The van der Waals surface area contributed by atoms with Crippen molar-refractivity contribution in [2.75, 3.05) is 13.1 Å². The summed E-state index contributed by atoms with van der Waals surface area (Å²) in [6.45, 7) is 1.28. The Kier molecular flexibility index (Phi) is 6.39. The van der Waals surface area contributed by atoms with Gasteiger partial charge in [0.1, 0.15) is 17.6 Å². The second-order valence-electron chi connectivity index (χ2n) is 7.29. The molecule has 1 atom stereocenters. The highest BCUT2D eigenvalue weighted by atomic mass is 16.2. The van der Waals surface area contributed by atoms with Crippen molar-refractivity contribution in [3.8, 4) is 0 Å². The van der Waals surface area contributed by atoms with Gasteiger partial charge in [-0.2, -0.15) is 0 Å². The van der Waals surface area contributed by atoms with Gasteiger partial charge in [-0.1, -0.05) is 25.3 Å². The summed E-state index contributed by atoms with van der Waals surface area (Å²) in [4.78, 5) is 30.5. The second kappa shape index (κ2) is 8.94. The van der Waals surface area contributed by atoms with Gasteiger partial charge >= 0.3 is 0 Å². The van der Waals surface area contributed by atoms with Gasteiger partial charge in [0.25, 0.3) is 0 Å². The summed E-state index contributed by atoms with van der Waals surface area (Å²) in [6, 6.07) is 3.48. The summed E-state index contributed by atoms with van der Waals surface area (Å²) in [7, 11) is 0. The summed E-state index contributed by atoms with van der Waals surface area (Å²) in [5.41, 5.74) is 6.61. The van der Waals surface area contributed by atoms with E-state index in [1.807, 2.05) is 0 Å². The Morgan fingerprint density at radius 3 is 2.59 bits per heavy atom. The van der Waals surface area contributed by atoms with Crippen molar-refractivity contribution >= 4 is 17.6 Å². The van der Waals surface area contributed by atoms with Crippen molar-refractivity contribution < 1.29 is 9.59 Å². The molecule has 0 spiro atoms. The van der Waals surface area contributed by atoms with Crippen LogP contribution in [0.15, 0.2) is 18.3 Å². The van der Waals surface area contributed by atoms with Crippen LogP contribution in [-0.2, 0) is 16.1 Å². The van der Waals surface area contributed by atoms with Crippen molar-refractivity contribution in [1.29, 1.82) is 5.41 Å². The molecule has 0 radical (unpaired) electrons. The highest BCUT2D eigenvalue weighted by Crippen LogP contribution is 2.19. The molecule has 0 bridgehead atoms. The number of nitrogen functional groups attached to an aromatic ring is 1. The zero-order valence-corrected chi connectivity index (χ0v) is 15.5. The van der Waals surface area contributed by atoms with E-state index < -0.39 is 0 Å². The molecule has 0 aromatic carbocycles. The van der Waals surface area contributed by atoms with Gasteiger partial charge in [-0.3, -0.25) is 20.0 Å². The van der Waals surface area contributed by atoms with E-state index in [1.54, 1.807) is 23.2 Å². The summed E-state index contributed by atoms with van der Waals surface area (Å²) >= 11 is 0. The molecule has 27 heavy (non-hydrogen) atoms. The van der Waals surface area contributed by atoms with E-state index >= 15 is 0 Å². The van der Waals surface area contributed by atoms with Gasteiger partial charge in [-0.25, -0.2) is 0 Å². The lowest BCUT2D eigenvalue weighted by molar-refractivity contribution is -0.146. The number of rotatable bonds is 7. The molecular formula is C19H28N6O2. The predicted octanol–water partition coefficient (Wildman–Crippen LogP) is 0.505. The van der Waals surface area contributed by atoms with Crippen LogP contribution in [0.5, 0.6) is 0 Å². The molecule has 8 nitrogen and oxygen atoms in total. The highest BCUT2D eigenvalue weighted by molar-refractivity contribution is 5.93. The lowest BCUT2D eigenvalue weighted by Gasteiger charge is -2.40. The standard InChI is InChI=1S/C19H28N6O2/c20-18(21)15-7-6-13(10-23-15)11-24-19(27)16-8-9-25(16)17(26)12-22-14-4-2-1-3-5-14/h6-7,10,14,16,22H,1-5,8-9,11-12H2,(H3,20,21)(H,24,27). The SMILES string of the molecule is N=C(N)c1ccc(CNC(=O)C2CCN2C(=O)CNC2CCCCC2)cn1. The van der Waals surface area contributed by atoms with Gasteiger partial charge in [0.05, 0.1) is 6.54 Å². The molecule has 2 aliphatic rings. The molecule has 2 amide bonds. The topological polar surface area (TPSA) is 124 Å². The number of carbonyl (C=O) groups excluding carboxylic acids is 2. The largest absolute Gasteiger partial charge is 0.382 e. The lowest BCUT2D eigenvalue weighted by Crippen LogP contribution is -2.60. The average Bonchev–Trinajstić information content (AvgIpc) is 2.65. The van der Waals surface area contributed by atoms with Crippen LogP contribution < -0.4 is 16.4 Å². The zero-order chi connectivity index (χ0) is 19.2. The van der Waals surface area contributed by atoms with E-state index in [0.717, 1.165) is 18.4 Å². The maximum Gasteiger partial charge on any atom is 0.243 e. The Balaban J connectivity index is 1.42. The molecule has 146 valence electrons. The fraction of sp³-hybridized carbons (Fsp3) is 0.579.